The van der Waals surface area contributed by atoms with Crippen molar-refractivity contribution >= 4 is 5.69 Å². The van der Waals surface area contributed by atoms with Gasteiger partial charge in [0.15, 0.2) is 0 Å². The van der Waals surface area contributed by atoms with Gasteiger partial charge in [-0.1, -0.05) is 33.1 Å². The smallest absolute Gasteiger partial charge is 0.119 e. The fourth-order valence-electron chi connectivity index (χ4n) is 3.03. The molecule has 2 atom stereocenters. The van der Waals surface area contributed by atoms with Crippen LogP contribution in [-0.4, -0.2) is 12.6 Å². The fraction of sp³-hybridized carbons (Fsp3) is 0.667. The quantitative estimate of drug-likeness (QED) is 0.716. The van der Waals surface area contributed by atoms with Crippen LogP contribution in [0.2, 0.25) is 0 Å². The highest BCUT2D eigenvalue weighted by molar-refractivity contribution is 5.47. The Morgan fingerprint density at radius 2 is 1.85 bits per heavy atom. The van der Waals surface area contributed by atoms with Crippen molar-refractivity contribution in [2.24, 2.45) is 5.92 Å². The zero-order valence-corrected chi connectivity index (χ0v) is 13.0. The first-order chi connectivity index (χ1) is 9.81. The summed E-state index contributed by atoms with van der Waals surface area (Å²) in [5.74, 6) is 1.93. The first-order valence-electron chi connectivity index (χ1n) is 8.31. The number of hydrogen-bond acceptors (Lipinski definition) is 2. The summed E-state index contributed by atoms with van der Waals surface area (Å²) in [6.07, 6.45) is 9.19. The number of ether oxygens (including phenoxy) is 1. The van der Waals surface area contributed by atoms with Crippen molar-refractivity contribution in [3.63, 3.8) is 0 Å². The molecule has 0 heterocycles. The maximum Gasteiger partial charge on any atom is 0.119 e. The minimum absolute atomic E-state index is 0.647. The van der Waals surface area contributed by atoms with Crippen LogP contribution in [0.15, 0.2) is 24.3 Å². The van der Waals surface area contributed by atoms with E-state index in [1.54, 1.807) is 0 Å². The van der Waals surface area contributed by atoms with Crippen LogP contribution in [-0.2, 0) is 0 Å². The van der Waals surface area contributed by atoms with Gasteiger partial charge in [0.25, 0.3) is 0 Å². The van der Waals surface area contributed by atoms with Gasteiger partial charge in [-0.25, -0.2) is 0 Å². The third-order valence-electron chi connectivity index (χ3n) is 4.36. The number of anilines is 1. The van der Waals surface area contributed by atoms with Crippen LogP contribution in [0.1, 0.15) is 58.8 Å². The van der Waals surface area contributed by atoms with Gasteiger partial charge in [0.1, 0.15) is 5.75 Å². The molecule has 0 saturated heterocycles. The Morgan fingerprint density at radius 1 is 1.05 bits per heavy atom. The highest BCUT2D eigenvalue weighted by Crippen LogP contribution is 2.27. The van der Waals surface area contributed by atoms with E-state index in [4.69, 9.17) is 4.74 Å². The number of rotatable bonds is 6. The Balaban J connectivity index is 1.83. The van der Waals surface area contributed by atoms with E-state index in [9.17, 15) is 0 Å². The topological polar surface area (TPSA) is 21.3 Å². The zero-order valence-electron chi connectivity index (χ0n) is 13.0. The molecule has 1 fully saturated rings. The molecular weight excluding hydrogens is 246 g/mol. The van der Waals surface area contributed by atoms with Gasteiger partial charge in [0, 0.05) is 11.7 Å². The normalized spacial score (nSPS) is 23.1. The van der Waals surface area contributed by atoms with Crippen LogP contribution in [0.3, 0.4) is 0 Å². The highest BCUT2D eigenvalue weighted by atomic mass is 16.5. The van der Waals surface area contributed by atoms with E-state index in [2.05, 4.69) is 43.4 Å². The van der Waals surface area contributed by atoms with Crippen molar-refractivity contribution in [2.75, 3.05) is 11.9 Å². The van der Waals surface area contributed by atoms with E-state index < -0.39 is 0 Å². The Kier molecular flexibility index (Phi) is 6.23. The molecule has 2 unspecified atom stereocenters. The minimum atomic E-state index is 0.647. The number of benzene rings is 1. The molecular formula is C18H29NO. The van der Waals surface area contributed by atoms with Crippen molar-refractivity contribution in [1.29, 1.82) is 0 Å². The molecule has 0 aliphatic heterocycles. The largest absolute Gasteiger partial charge is 0.494 e. The van der Waals surface area contributed by atoms with Crippen LogP contribution in [0.25, 0.3) is 0 Å². The molecule has 112 valence electrons. The molecule has 2 rings (SSSR count). The average Bonchev–Trinajstić information content (AvgIpc) is 2.72. The van der Waals surface area contributed by atoms with E-state index in [-0.39, 0.29) is 0 Å². The van der Waals surface area contributed by atoms with Gasteiger partial charge in [-0.2, -0.15) is 0 Å². The first kappa shape index (κ1) is 15.2. The Labute approximate surface area is 123 Å². The summed E-state index contributed by atoms with van der Waals surface area (Å²) >= 11 is 0. The summed E-state index contributed by atoms with van der Waals surface area (Å²) in [6, 6.07) is 9.09. The van der Waals surface area contributed by atoms with Crippen molar-refractivity contribution < 1.29 is 4.74 Å². The standard InChI is InChI=1S/C18H29NO/c1-3-14-20-18-12-10-17(11-13-18)19-16-7-5-6-15(4-2)8-9-16/h10-13,15-16,19H,3-9,14H2,1-2H3. The van der Waals surface area contributed by atoms with Crippen LogP contribution in [0.5, 0.6) is 5.75 Å². The lowest BCUT2D eigenvalue weighted by molar-refractivity contribution is 0.317. The summed E-state index contributed by atoms with van der Waals surface area (Å²) in [5, 5.41) is 3.69. The van der Waals surface area contributed by atoms with Crippen molar-refractivity contribution in [3.05, 3.63) is 24.3 Å². The van der Waals surface area contributed by atoms with E-state index in [1.807, 2.05) is 0 Å². The molecule has 0 aromatic heterocycles. The number of hydrogen-bond donors (Lipinski definition) is 1. The summed E-state index contributed by atoms with van der Waals surface area (Å²) < 4.78 is 5.62. The van der Waals surface area contributed by atoms with Crippen LogP contribution in [0, 0.1) is 5.92 Å². The Morgan fingerprint density at radius 3 is 2.55 bits per heavy atom. The molecule has 0 spiro atoms. The molecule has 1 aromatic carbocycles. The van der Waals surface area contributed by atoms with Crippen LogP contribution in [0.4, 0.5) is 5.69 Å². The Hall–Kier alpha value is -1.18. The monoisotopic (exact) mass is 275 g/mol. The van der Waals surface area contributed by atoms with E-state index in [1.165, 1.54) is 44.2 Å². The predicted octanol–water partition coefficient (Wildman–Crippen LogP) is 5.25. The van der Waals surface area contributed by atoms with Gasteiger partial charge in [-0.05, 0) is 55.9 Å². The van der Waals surface area contributed by atoms with Crippen molar-refractivity contribution in [3.8, 4) is 5.75 Å². The summed E-state index contributed by atoms with van der Waals surface area (Å²) in [5.41, 5.74) is 1.23. The molecule has 1 aliphatic carbocycles. The van der Waals surface area contributed by atoms with Crippen molar-refractivity contribution in [1.82, 2.24) is 0 Å². The SMILES string of the molecule is CCCOc1ccc(NC2CCCC(CC)CC2)cc1. The predicted molar refractivity (Wildman–Crippen MR) is 86.5 cm³/mol. The summed E-state index contributed by atoms with van der Waals surface area (Å²) in [7, 11) is 0. The molecule has 0 radical (unpaired) electrons. The maximum atomic E-state index is 5.62. The lowest BCUT2D eigenvalue weighted by atomic mass is 9.98. The molecule has 1 aliphatic rings. The van der Waals surface area contributed by atoms with Gasteiger partial charge in [0.05, 0.1) is 6.61 Å². The average molecular weight is 275 g/mol. The van der Waals surface area contributed by atoms with Gasteiger partial charge in [0.2, 0.25) is 0 Å². The summed E-state index contributed by atoms with van der Waals surface area (Å²) in [4.78, 5) is 0. The van der Waals surface area contributed by atoms with Gasteiger partial charge in [-0.15, -0.1) is 0 Å². The van der Waals surface area contributed by atoms with E-state index in [0.29, 0.717) is 6.04 Å². The number of nitrogens with one attached hydrogen (secondary N) is 1. The third kappa shape index (κ3) is 4.73. The molecule has 1 aromatic rings. The van der Waals surface area contributed by atoms with Gasteiger partial charge < -0.3 is 10.1 Å². The second-order valence-electron chi connectivity index (χ2n) is 6.00. The van der Waals surface area contributed by atoms with E-state index >= 15 is 0 Å². The van der Waals surface area contributed by atoms with Crippen LogP contribution >= 0.6 is 0 Å². The lowest BCUT2D eigenvalue weighted by Gasteiger charge is -2.18. The molecule has 0 bridgehead atoms. The molecule has 0 amide bonds. The summed E-state index contributed by atoms with van der Waals surface area (Å²) in [6.45, 7) is 5.26. The highest BCUT2D eigenvalue weighted by Gasteiger charge is 2.17. The van der Waals surface area contributed by atoms with Crippen LogP contribution < -0.4 is 10.1 Å². The molecule has 1 N–H and O–H groups in total. The Bertz CT molecular complexity index is 374. The second-order valence-corrected chi connectivity index (χ2v) is 6.00. The fourth-order valence-corrected chi connectivity index (χ4v) is 3.03. The van der Waals surface area contributed by atoms with Crippen molar-refractivity contribution in [2.45, 2.75) is 64.8 Å². The lowest BCUT2D eigenvalue weighted by Crippen LogP contribution is -2.18. The van der Waals surface area contributed by atoms with E-state index in [0.717, 1.165) is 24.7 Å². The molecule has 2 nitrogen and oxygen atoms in total. The zero-order chi connectivity index (χ0) is 14.2. The molecule has 1 saturated carbocycles. The minimum Gasteiger partial charge on any atom is -0.494 e. The maximum absolute atomic E-state index is 5.62. The molecule has 2 heteroatoms. The van der Waals surface area contributed by atoms with Gasteiger partial charge >= 0.3 is 0 Å². The van der Waals surface area contributed by atoms with Gasteiger partial charge in [-0.3, -0.25) is 0 Å². The second kappa shape index (κ2) is 8.18. The third-order valence-corrected chi connectivity index (χ3v) is 4.36. The first-order valence-corrected chi connectivity index (χ1v) is 8.31. The molecule has 20 heavy (non-hydrogen) atoms.